The van der Waals surface area contributed by atoms with Crippen molar-refractivity contribution >= 4 is 21.7 Å². The van der Waals surface area contributed by atoms with Crippen molar-refractivity contribution in [2.24, 2.45) is 0 Å². The Balaban J connectivity index is 1.56. The molecule has 0 bridgehead atoms. The van der Waals surface area contributed by atoms with Crippen LogP contribution in [0.2, 0.25) is 0 Å². The molecule has 1 unspecified atom stereocenters. The molecule has 3 rings (SSSR count). The van der Waals surface area contributed by atoms with Crippen molar-refractivity contribution in [1.29, 1.82) is 0 Å². The SMILES string of the molecule is O=C(NCCCc1ccccc1)C(=O)NCC(c1ccco1)S(=O)(=O)c1ccccc1. The number of hydrogen-bond acceptors (Lipinski definition) is 5. The molecule has 0 fully saturated rings. The summed E-state index contributed by atoms with van der Waals surface area (Å²) in [4.78, 5) is 24.4. The lowest BCUT2D eigenvalue weighted by Gasteiger charge is -2.16. The number of rotatable bonds is 9. The number of amides is 2. The molecule has 7 nitrogen and oxygen atoms in total. The molecular formula is C23H24N2O5S. The molecular weight excluding hydrogens is 416 g/mol. The van der Waals surface area contributed by atoms with Crippen molar-refractivity contribution in [3.8, 4) is 0 Å². The molecule has 1 heterocycles. The Bertz CT molecular complexity index is 1080. The fraction of sp³-hybridized carbons (Fsp3) is 0.217. The van der Waals surface area contributed by atoms with Crippen molar-refractivity contribution in [1.82, 2.24) is 10.6 Å². The number of carbonyl (C=O) groups excluding carboxylic acids is 2. The highest BCUT2D eigenvalue weighted by Crippen LogP contribution is 2.28. The Morgan fingerprint density at radius 3 is 2.13 bits per heavy atom. The maximum absolute atomic E-state index is 13.0. The van der Waals surface area contributed by atoms with Gasteiger partial charge in [-0.1, -0.05) is 48.5 Å². The van der Waals surface area contributed by atoms with Crippen molar-refractivity contribution in [2.45, 2.75) is 23.0 Å². The van der Waals surface area contributed by atoms with Gasteiger partial charge in [-0.05, 0) is 42.7 Å². The summed E-state index contributed by atoms with van der Waals surface area (Å²) in [6.45, 7) is 0.0477. The van der Waals surface area contributed by atoms with Gasteiger partial charge in [0.05, 0.1) is 11.2 Å². The maximum Gasteiger partial charge on any atom is 0.309 e. The first kappa shape index (κ1) is 22.3. The lowest BCUT2D eigenvalue weighted by Crippen LogP contribution is -2.42. The van der Waals surface area contributed by atoms with E-state index in [1.807, 2.05) is 30.3 Å². The lowest BCUT2D eigenvalue weighted by molar-refractivity contribution is -0.139. The van der Waals surface area contributed by atoms with Gasteiger partial charge in [-0.15, -0.1) is 0 Å². The average Bonchev–Trinajstić information content (AvgIpc) is 3.32. The van der Waals surface area contributed by atoms with Crippen LogP contribution in [0, 0.1) is 0 Å². The van der Waals surface area contributed by atoms with Crippen LogP contribution in [0.5, 0.6) is 0 Å². The summed E-state index contributed by atoms with van der Waals surface area (Å²) < 4.78 is 31.4. The fourth-order valence-electron chi connectivity index (χ4n) is 3.10. The minimum atomic E-state index is -3.84. The highest BCUT2D eigenvalue weighted by atomic mass is 32.2. The average molecular weight is 441 g/mol. The summed E-state index contributed by atoms with van der Waals surface area (Å²) in [6.07, 6.45) is 2.82. The van der Waals surface area contributed by atoms with Gasteiger partial charge in [0, 0.05) is 13.1 Å². The molecule has 2 amide bonds. The quantitative estimate of drug-likeness (QED) is 0.393. The number of hydrogen-bond donors (Lipinski definition) is 2. The number of sulfone groups is 1. The molecule has 162 valence electrons. The molecule has 0 saturated carbocycles. The zero-order chi connectivity index (χ0) is 22.1. The third-order valence-corrected chi connectivity index (χ3v) is 6.81. The van der Waals surface area contributed by atoms with Crippen LogP contribution in [0.4, 0.5) is 0 Å². The molecule has 3 aromatic rings. The Kier molecular flexibility index (Phi) is 7.61. The van der Waals surface area contributed by atoms with Gasteiger partial charge in [0.25, 0.3) is 0 Å². The van der Waals surface area contributed by atoms with Crippen LogP contribution in [0.3, 0.4) is 0 Å². The van der Waals surface area contributed by atoms with E-state index in [1.165, 1.54) is 24.5 Å². The zero-order valence-electron chi connectivity index (χ0n) is 16.9. The first-order valence-corrected chi connectivity index (χ1v) is 11.5. The second-order valence-corrected chi connectivity index (χ2v) is 9.05. The van der Waals surface area contributed by atoms with Gasteiger partial charge in [-0.25, -0.2) is 8.42 Å². The molecule has 1 aromatic heterocycles. The van der Waals surface area contributed by atoms with E-state index in [9.17, 15) is 18.0 Å². The van der Waals surface area contributed by atoms with E-state index < -0.39 is 26.9 Å². The van der Waals surface area contributed by atoms with Crippen molar-refractivity contribution in [2.75, 3.05) is 13.1 Å². The largest absolute Gasteiger partial charge is 0.468 e. The number of carbonyl (C=O) groups is 2. The Labute approximate surface area is 181 Å². The number of benzene rings is 2. The number of nitrogens with one attached hydrogen (secondary N) is 2. The standard InChI is InChI=1S/C23H24N2O5S/c26-22(24-15-7-11-18-9-3-1-4-10-18)23(27)25-17-21(20-14-8-16-30-20)31(28,29)19-12-5-2-6-13-19/h1-6,8-10,12-14,16,21H,7,11,15,17H2,(H,24,26)(H,25,27). The molecule has 2 N–H and O–H groups in total. The lowest BCUT2D eigenvalue weighted by atomic mass is 10.1. The highest BCUT2D eigenvalue weighted by Gasteiger charge is 2.32. The summed E-state index contributed by atoms with van der Waals surface area (Å²) >= 11 is 0. The molecule has 0 saturated heterocycles. The zero-order valence-corrected chi connectivity index (χ0v) is 17.7. The van der Waals surface area contributed by atoms with Crippen LogP contribution in [0.1, 0.15) is 23.0 Å². The summed E-state index contributed by atoms with van der Waals surface area (Å²) in [5, 5.41) is 3.82. The predicted octanol–water partition coefficient (Wildman–Crippen LogP) is 2.66. The second-order valence-electron chi connectivity index (χ2n) is 6.92. The van der Waals surface area contributed by atoms with Crippen LogP contribution in [0.15, 0.2) is 88.4 Å². The van der Waals surface area contributed by atoms with Crippen molar-refractivity contribution in [3.63, 3.8) is 0 Å². The van der Waals surface area contributed by atoms with Crippen molar-refractivity contribution < 1.29 is 22.4 Å². The van der Waals surface area contributed by atoms with Gasteiger partial charge in [-0.3, -0.25) is 9.59 Å². The van der Waals surface area contributed by atoms with Gasteiger partial charge in [0.2, 0.25) is 0 Å². The van der Waals surface area contributed by atoms with Gasteiger partial charge < -0.3 is 15.1 Å². The minimum Gasteiger partial charge on any atom is -0.468 e. The molecule has 0 radical (unpaired) electrons. The molecule has 2 aromatic carbocycles. The first-order valence-electron chi connectivity index (χ1n) is 9.91. The van der Waals surface area contributed by atoms with Crippen LogP contribution >= 0.6 is 0 Å². The highest BCUT2D eigenvalue weighted by molar-refractivity contribution is 7.91. The Hall–Kier alpha value is -3.39. The second kappa shape index (κ2) is 10.6. The van der Waals surface area contributed by atoms with E-state index in [2.05, 4.69) is 10.6 Å². The third kappa shape index (κ3) is 6.05. The van der Waals surface area contributed by atoms with E-state index in [0.29, 0.717) is 13.0 Å². The summed E-state index contributed by atoms with van der Waals surface area (Å²) in [5.41, 5.74) is 1.15. The number of aryl methyl sites for hydroxylation is 1. The smallest absolute Gasteiger partial charge is 0.309 e. The normalized spacial score (nSPS) is 12.1. The van der Waals surface area contributed by atoms with E-state index in [1.54, 1.807) is 24.3 Å². The fourth-order valence-corrected chi connectivity index (χ4v) is 4.70. The van der Waals surface area contributed by atoms with Gasteiger partial charge >= 0.3 is 11.8 Å². The number of furan rings is 1. The van der Waals surface area contributed by atoms with Gasteiger partial charge in [0.15, 0.2) is 9.84 Å². The third-order valence-electron chi connectivity index (χ3n) is 4.73. The van der Waals surface area contributed by atoms with Gasteiger partial charge in [-0.2, -0.15) is 0 Å². The maximum atomic E-state index is 13.0. The van der Waals surface area contributed by atoms with E-state index >= 15 is 0 Å². The Morgan fingerprint density at radius 1 is 0.839 bits per heavy atom. The summed E-state index contributed by atoms with van der Waals surface area (Å²) in [5.74, 6) is -1.50. The van der Waals surface area contributed by atoms with E-state index in [0.717, 1.165) is 12.0 Å². The van der Waals surface area contributed by atoms with Crippen molar-refractivity contribution in [3.05, 3.63) is 90.4 Å². The predicted molar refractivity (Wildman–Crippen MR) is 116 cm³/mol. The summed E-state index contributed by atoms with van der Waals surface area (Å²) in [7, 11) is -3.84. The van der Waals surface area contributed by atoms with Crippen LogP contribution in [-0.4, -0.2) is 33.3 Å². The van der Waals surface area contributed by atoms with E-state index in [4.69, 9.17) is 4.42 Å². The van der Waals surface area contributed by atoms with Gasteiger partial charge in [0.1, 0.15) is 11.0 Å². The monoisotopic (exact) mass is 440 g/mol. The molecule has 0 spiro atoms. The van der Waals surface area contributed by atoms with Crippen LogP contribution < -0.4 is 10.6 Å². The molecule has 31 heavy (non-hydrogen) atoms. The molecule has 0 aliphatic carbocycles. The molecule has 0 aliphatic rings. The molecule has 1 atom stereocenters. The molecule has 0 aliphatic heterocycles. The first-order chi connectivity index (χ1) is 15.0. The molecule has 8 heteroatoms. The van der Waals surface area contributed by atoms with Crippen LogP contribution in [0.25, 0.3) is 0 Å². The van der Waals surface area contributed by atoms with E-state index in [-0.39, 0.29) is 17.2 Å². The summed E-state index contributed by atoms with van der Waals surface area (Å²) in [6, 6.07) is 20.8. The van der Waals surface area contributed by atoms with Crippen LogP contribution in [-0.2, 0) is 25.8 Å². The Morgan fingerprint density at radius 2 is 1.48 bits per heavy atom. The topological polar surface area (TPSA) is 105 Å². The minimum absolute atomic E-state index is 0.107.